The molecule has 21 heavy (non-hydrogen) atoms. The Morgan fingerprint density at radius 3 is 3.00 bits per heavy atom. The highest BCUT2D eigenvalue weighted by Crippen LogP contribution is 2.20. The monoisotopic (exact) mass is 356 g/mol. The van der Waals surface area contributed by atoms with Crippen molar-refractivity contribution < 1.29 is 9.18 Å². The molecule has 1 saturated heterocycles. The van der Waals surface area contributed by atoms with Gasteiger partial charge in [-0.3, -0.25) is 4.79 Å². The van der Waals surface area contributed by atoms with Crippen molar-refractivity contribution >= 4 is 21.8 Å². The van der Waals surface area contributed by atoms with E-state index in [1.165, 1.54) is 0 Å². The molecular formula is C16H22BrFN2O. The summed E-state index contributed by atoms with van der Waals surface area (Å²) in [5, 5.41) is 3.40. The second-order valence-electron chi connectivity index (χ2n) is 5.50. The van der Waals surface area contributed by atoms with Crippen molar-refractivity contribution in [2.45, 2.75) is 38.6 Å². The van der Waals surface area contributed by atoms with Crippen molar-refractivity contribution in [1.29, 1.82) is 0 Å². The van der Waals surface area contributed by atoms with Gasteiger partial charge >= 0.3 is 0 Å². The quantitative estimate of drug-likeness (QED) is 0.844. The van der Waals surface area contributed by atoms with Crippen LogP contribution in [0, 0.1) is 5.82 Å². The van der Waals surface area contributed by atoms with Gasteiger partial charge in [0.05, 0.1) is 10.0 Å². The number of carbonyl (C=O) groups excluding carboxylic acids is 1. The van der Waals surface area contributed by atoms with E-state index < -0.39 is 5.82 Å². The van der Waals surface area contributed by atoms with Crippen molar-refractivity contribution in [3.05, 3.63) is 34.1 Å². The molecule has 1 aromatic carbocycles. The van der Waals surface area contributed by atoms with Crippen LogP contribution >= 0.6 is 15.9 Å². The van der Waals surface area contributed by atoms with Crippen LogP contribution in [0.1, 0.15) is 43.0 Å². The molecule has 5 heteroatoms. The average molecular weight is 357 g/mol. The number of hydrogen-bond acceptors (Lipinski definition) is 2. The Bertz CT molecular complexity index is 489. The lowest BCUT2D eigenvalue weighted by Gasteiger charge is -2.26. The first-order valence-electron chi connectivity index (χ1n) is 7.60. The number of hydrogen-bond donors (Lipinski definition) is 1. The second kappa shape index (κ2) is 7.90. The number of unbranched alkanes of at least 4 members (excludes halogenated alkanes) is 1. The number of carbonyl (C=O) groups is 1. The lowest BCUT2D eigenvalue weighted by atomic mass is 10.1. The summed E-state index contributed by atoms with van der Waals surface area (Å²) < 4.78 is 14.5. The van der Waals surface area contributed by atoms with Gasteiger partial charge in [-0.1, -0.05) is 19.4 Å². The molecule has 0 aliphatic carbocycles. The minimum atomic E-state index is -0.469. The molecule has 0 radical (unpaired) electrons. The van der Waals surface area contributed by atoms with E-state index in [2.05, 4.69) is 28.2 Å². The van der Waals surface area contributed by atoms with Gasteiger partial charge in [0.1, 0.15) is 5.82 Å². The molecule has 3 nitrogen and oxygen atoms in total. The molecule has 0 aromatic heterocycles. The maximum Gasteiger partial charge on any atom is 0.256 e. The number of nitrogens with zero attached hydrogens (tertiary/aromatic N) is 1. The van der Waals surface area contributed by atoms with Gasteiger partial charge in [0.2, 0.25) is 0 Å². The molecule has 1 aromatic rings. The standard InChI is InChI=1S/C16H22BrFN2O/c1-2-3-10-20(11-12-6-5-9-19-12)16(21)13-7-4-8-14(17)15(13)18/h4,7-8,12,19H,2-3,5-6,9-11H2,1H3. The van der Waals surface area contributed by atoms with Crippen molar-refractivity contribution in [1.82, 2.24) is 10.2 Å². The van der Waals surface area contributed by atoms with Crippen LogP contribution in [0.3, 0.4) is 0 Å². The van der Waals surface area contributed by atoms with Crippen molar-refractivity contribution in [3.8, 4) is 0 Å². The molecule has 1 amide bonds. The summed E-state index contributed by atoms with van der Waals surface area (Å²) in [6.45, 7) is 4.44. The topological polar surface area (TPSA) is 32.3 Å². The molecule has 1 aliphatic heterocycles. The SMILES string of the molecule is CCCCN(CC1CCCN1)C(=O)c1cccc(Br)c1F. The maximum absolute atomic E-state index is 14.1. The number of rotatable bonds is 6. The molecule has 1 heterocycles. The minimum absolute atomic E-state index is 0.151. The summed E-state index contributed by atoms with van der Waals surface area (Å²) in [5.74, 6) is -0.681. The first-order valence-corrected chi connectivity index (χ1v) is 8.39. The van der Waals surface area contributed by atoms with Crippen molar-refractivity contribution in [2.24, 2.45) is 0 Å². The highest BCUT2D eigenvalue weighted by Gasteiger charge is 2.24. The summed E-state index contributed by atoms with van der Waals surface area (Å²) in [7, 11) is 0. The van der Waals surface area contributed by atoms with E-state index in [1.807, 2.05) is 0 Å². The molecular weight excluding hydrogens is 335 g/mol. The molecule has 1 unspecified atom stereocenters. The molecule has 1 fully saturated rings. The Morgan fingerprint density at radius 2 is 2.33 bits per heavy atom. The zero-order chi connectivity index (χ0) is 15.2. The van der Waals surface area contributed by atoms with Gasteiger partial charge in [0.25, 0.3) is 5.91 Å². The van der Waals surface area contributed by atoms with Crippen LogP contribution < -0.4 is 5.32 Å². The zero-order valence-electron chi connectivity index (χ0n) is 12.4. The van der Waals surface area contributed by atoms with Gasteiger partial charge < -0.3 is 10.2 Å². The van der Waals surface area contributed by atoms with Crippen LogP contribution in [-0.4, -0.2) is 36.5 Å². The summed E-state index contributed by atoms with van der Waals surface area (Å²) in [6, 6.07) is 5.21. The average Bonchev–Trinajstić information content (AvgIpc) is 2.98. The zero-order valence-corrected chi connectivity index (χ0v) is 14.0. The number of halogens is 2. The molecule has 0 saturated carbocycles. The van der Waals surface area contributed by atoms with E-state index in [1.54, 1.807) is 23.1 Å². The predicted octanol–water partition coefficient (Wildman–Crippen LogP) is 3.58. The van der Waals surface area contributed by atoms with Crippen molar-refractivity contribution in [2.75, 3.05) is 19.6 Å². The Balaban J connectivity index is 2.13. The lowest BCUT2D eigenvalue weighted by Crippen LogP contribution is -2.42. The lowest BCUT2D eigenvalue weighted by molar-refractivity contribution is 0.0734. The highest BCUT2D eigenvalue weighted by molar-refractivity contribution is 9.10. The van der Waals surface area contributed by atoms with Crippen LogP contribution in [0.15, 0.2) is 22.7 Å². The van der Waals surface area contributed by atoms with Crippen LogP contribution in [0.4, 0.5) is 4.39 Å². The molecule has 0 bridgehead atoms. The van der Waals surface area contributed by atoms with Gasteiger partial charge in [-0.15, -0.1) is 0 Å². The second-order valence-corrected chi connectivity index (χ2v) is 6.35. The van der Waals surface area contributed by atoms with Crippen molar-refractivity contribution in [3.63, 3.8) is 0 Å². The van der Waals surface area contributed by atoms with Crippen LogP contribution in [0.2, 0.25) is 0 Å². The van der Waals surface area contributed by atoms with E-state index in [9.17, 15) is 9.18 Å². The van der Waals surface area contributed by atoms with Crippen LogP contribution in [-0.2, 0) is 0 Å². The van der Waals surface area contributed by atoms with Gasteiger partial charge in [-0.05, 0) is 53.9 Å². The molecule has 0 spiro atoms. The third-order valence-electron chi connectivity index (χ3n) is 3.85. The minimum Gasteiger partial charge on any atom is -0.337 e. The summed E-state index contributed by atoms with van der Waals surface area (Å²) in [5.41, 5.74) is 0.151. The first-order chi connectivity index (χ1) is 10.1. The van der Waals surface area contributed by atoms with E-state index in [4.69, 9.17) is 0 Å². The van der Waals surface area contributed by atoms with Crippen LogP contribution in [0.25, 0.3) is 0 Å². The fourth-order valence-corrected chi connectivity index (χ4v) is 3.01. The molecule has 2 rings (SSSR count). The summed E-state index contributed by atoms with van der Waals surface area (Å²) >= 11 is 3.15. The molecule has 1 atom stereocenters. The molecule has 116 valence electrons. The Hall–Kier alpha value is -0.940. The Morgan fingerprint density at radius 1 is 1.52 bits per heavy atom. The third-order valence-corrected chi connectivity index (χ3v) is 4.47. The van der Waals surface area contributed by atoms with E-state index in [-0.39, 0.29) is 11.5 Å². The maximum atomic E-state index is 14.1. The largest absolute Gasteiger partial charge is 0.337 e. The van der Waals surface area contributed by atoms with Gasteiger partial charge in [-0.2, -0.15) is 0 Å². The fourth-order valence-electron chi connectivity index (χ4n) is 2.64. The first kappa shape index (κ1) is 16.4. The summed E-state index contributed by atoms with van der Waals surface area (Å²) in [6.07, 6.45) is 4.18. The van der Waals surface area contributed by atoms with Gasteiger partial charge in [0, 0.05) is 19.1 Å². The molecule has 1 aliphatic rings. The Kier molecular flexibility index (Phi) is 6.18. The number of amides is 1. The Labute approximate surface area is 134 Å². The fraction of sp³-hybridized carbons (Fsp3) is 0.562. The van der Waals surface area contributed by atoms with Gasteiger partial charge in [-0.25, -0.2) is 4.39 Å². The highest BCUT2D eigenvalue weighted by atomic mass is 79.9. The smallest absolute Gasteiger partial charge is 0.256 e. The number of nitrogens with one attached hydrogen (secondary N) is 1. The summed E-state index contributed by atoms with van der Waals surface area (Å²) in [4.78, 5) is 14.4. The van der Waals surface area contributed by atoms with E-state index in [0.717, 1.165) is 32.2 Å². The third kappa shape index (κ3) is 4.27. The number of benzene rings is 1. The predicted molar refractivity (Wildman–Crippen MR) is 85.9 cm³/mol. The van der Waals surface area contributed by atoms with Gasteiger partial charge in [0.15, 0.2) is 0 Å². The van der Waals surface area contributed by atoms with E-state index in [0.29, 0.717) is 23.6 Å². The van der Waals surface area contributed by atoms with E-state index >= 15 is 0 Å². The normalized spacial score (nSPS) is 18.0. The van der Waals surface area contributed by atoms with Crippen LogP contribution in [0.5, 0.6) is 0 Å². The molecule has 1 N–H and O–H groups in total.